The lowest BCUT2D eigenvalue weighted by Crippen LogP contribution is -2.22. The fraction of sp³-hybridized carbons (Fsp3) is 0.256. The van der Waals surface area contributed by atoms with Crippen LogP contribution in [0, 0.1) is 6.92 Å². The van der Waals surface area contributed by atoms with Crippen molar-refractivity contribution in [2.75, 3.05) is 51.1 Å². The number of hydrogen-bond donors (Lipinski definition) is 3. The molecule has 2 aromatic carbocycles. The fourth-order valence-corrected chi connectivity index (χ4v) is 7.12. The van der Waals surface area contributed by atoms with E-state index in [4.69, 9.17) is 14.3 Å². The first-order chi connectivity index (χ1) is 28.8. The number of carbonyl (C=O) groups excluding carboxylic acids is 4. The van der Waals surface area contributed by atoms with E-state index in [1.807, 2.05) is 87.8 Å². The Bertz CT molecular complexity index is 2430. The Labute approximate surface area is 356 Å². The molecule has 6 aromatic rings. The van der Waals surface area contributed by atoms with Crippen molar-refractivity contribution in [1.29, 1.82) is 0 Å². The third-order valence-corrected chi connectivity index (χ3v) is 10.3. The van der Waals surface area contributed by atoms with Crippen LogP contribution in [0.5, 0.6) is 0 Å². The Hall–Kier alpha value is -6.40. The summed E-state index contributed by atoms with van der Waals surface area (Å²) >= 11 is 2.74. The number of amides is 2. The zero-order valence-corrected chi connectivity index (χ0v) is 36.2. The van der Waals surface area contributed by atoms with Gasteiger partial charge in [0.15, 0.2) is 11.4 Å². The highest BCUT2D eigenvalue weighted by Gasteiger charge is 2.17. The monoisotopic (exact) mass is 852 g/mol. The second kappa shape index (κ2) is 21.0. The van der Waals surface area contributed by atoms with Gasteiger partial charge in [0.2, 0.25) is 0 Å². The van der Waals surface area contributed by atoms with Crippen LogP contribution in [-0.4, -0.2) is 88.2 Å². The van der Waals surface area contributed by atoms with Crippen molar-refractivity contribution in [3.8, 4) is 21.1 Å². The first kappa shape index (κ1) is 44.7. The summed E-state index contributed by atoms with van der Waals surface area (Å²) < 4.78 is 13.5. The van der Waals surface area contributed by atoms with Crippen molar-refractivity contribution in [3.63, 3.8) is 0 Å². The number of aryl methyl sites for hydroxylation is 3. The molecule has 15 nitrogen and oxygen atoms in total. The molecule has 314 valence electrons. The number of thiazole rings is 2. The number of hydrogen-bond acceptors (Lipinski definition) is 13. The van der Waals surface area contributed by atoms with E-state index in [9.17, 15) is 19.2 Å². The van der Waals surface area contributed by atoms with Crippen LogP contribution < -0.4 is 16.1 Å². The van der Waals surface area contributed by atoms with E-state index in [-0.39, 0.29) is 17.5 Å². The first-order valence-corrected chi connectivity index (χ1v) is 20.6. The molecule has 0 aliphatic carbocycles. The van der Waals surface area contributed by atoms with Crippen molar-refractivity contribution in [1.82, 2.24) is 29.5 Å². The molecule has 0 aliphatic rings. The van der Waals surface area contributed by atoms with E-state index in [2.05, 4.69) is 32.7 Å². The van der Waals surface area contributed by atoms with Crippen LogP contribution in [-0.2, 0) is 28.4 Å². The average Bonchev–Trinajstić information content (AvgIpc) is 4.05. The lowest BCUT2D eigenvalue weighted by molar-refractivity contribution is 0.0511. The van der Waals surface area contributed by atoms with Gasteiger partial charge in [0.25, 0.3) is 11.8 Å². The van der Waals surface area contributed by atoms with Crippen LogP contribution in [0.3, 0.4) is 0 Å². The second-order valence-electron chi connectivity index (χ2n) is 13.6. The lowest BCUT2D eigenvalue weighted by Gasteiger charge is -2.11. The van der Waals surface area contributed by atoms with Gasteiger partial charge in [0, 0.05) is 71.9 Å². The number of aromatic nitrogens is 4. The smallest absolute Gasteiger partial charge is 0.357 e. The van der Waals surface area contributed by atoms with Gasteiger partial charge in [-0.3, -0.25) is 19.9 Å². The minimum Gasteiger partial charge on any atom is -0.461 e. The molecule has 0 unspecified atom stereocenters. The molecule has 60 heavy (non-hydrogen) atoms. The van der Waals surface area contributed by atoms with Gasteiger partial charge in [0.05, 0.1) is 25.5 Å². The maximum absolute atomic E-state index is 12.8. The minimum absolute atomic E-state index is 0.160. The van der Waals surface area contributed by atoms with Gasteiger partial charge in [0.1, 0.15) is 21.4 Å². The largest absolute Gasteiger partial charge is 0.461 e. The quantitative estimate of drug-likeness (QED) is 0.0500. The van der Waals surface area contributed by atoms with E-state index in [1.54, 1.807) is 59.0 Å². The highest BCUT2D eigenvalue weighted by molar-refractivity contribution is 7.13. The topological polar surface area (TPSA) is 171 Å². The van der Waals surface area contributed by atoms with Crippen LogP contribution >= 0.6 is 22.7 Å². The van der Waals surface area contributed by atoms with Crippen LogP contribution in [0.25, 0.3) is 26.8 Å². The number of benzene rings is 2. The molecular weight excluding hydrogens is 805 g/mol. The normalized spacial score (nSPS) is 10.7. The van der Waals surface area contributed by atoms with Crippen LogP contribution in [0.2, 0.25) is 0 Å². The summed E-state index contributed by atoms with van der Waals surface area (Å²) in [6, 6.07) is 18.2. The number of rotatable bonds is 16. The molecule has 0 saturated carbocycles. The average molecular weight is 853 g/mol. The summed E-state index contributed by atoms with van der Waals surface area (Å²) in [7, 11) is 7.57. The maximum Gasteiger partial charge on any atom is 0.357 e. The number of nitrogens with one attached hydrogen (secondary N) is 3. The number of hydroxylamine groups is 1. The summed E-state index contributed by atoms with van der Waals surface area (Å²) in [6.45, 7) is 11.3. The van der Waals surface area contributed by atoms with Gasteiger partial charge >= 0.3 is 11.9 Å². The number of anilines is 2. The van der Waals surface area contributed by atoms with Gasteiger partial charge in [-0.1, -0.05) is 6.58 Å². The van der Waals surface area contributed by atoms with E-state index in [0.29, 0.717) is 59.0 Å². The van der Waals surface area contributed by atoms with Crippen molar-refractivity contribution >= 4 is 63.5 Å². The highest BCUT2D eigenvalue weighted by atomic mass is 32.1. The highest BCUT2D eigenvalue weighted by Crippen LogP contribution is 2.27. The molecule has 6 rings (SSSR count). The molecule has 17 heteroatoms. The third kappa shape index (κ3) is 12.1. The number of nitrogens with zero attached hydrogens (tertiary/aromatic N) is 5. The number of likely N-dealkylation sites (N-methyl/N-ethyl adjacent to an activating group) is 1. The molecule has 4 aromatic heterocycles. The lowest BCUT2D eigenvalue weighted by atomic mass is 10.2. The Balaban J connectivity index is 0.000000236. The van der Waals surface area contributed by atoms with Crippen molar-refractivity contribution < 1.29 is 33.5 Å². The Morgan fingerprint density at radius 2 is 1.20 bits per heavy atom. The molecule has 3 N–H and O–H groups in total. The molecule has 0 radical (unpaired) electrons. The molecule has 0 atom stereocenters. The standard InChI is InChI=1S/C24H29N5O4S.C19H19N3O3S/c1-6-32-24(31)20-15-34-23(26-20)17-7-9-19(10-8-17)25-22(30)21-13-18(14-29(21)5)16(2)27-33-12-11-28(3)4;1-4-25-19(24)15-11-26-18(21-15)13-5-7-14(8-6-13)20-17(23)16-9-12(2)10-22(16)3/h7-10,13-15,27H,2,6,11-12H2,1,3-5H3,(H,25,30);5-11H,4H2,1-3H3,(H,20,23). The summed E-state index contributed by atoms with van der Waals surface area (Å²) in [6.07, 6.45) is 3.72. The zero-order chi connectivity index (χ0) is 43.3. The van der Waals surface area contributed by atoms with Crippen LogP contribution in [0.15, 0.2) is 90.4 Å². The first-order valence-electron chi connectivity index (χ1n) is 18.9. The number of carbonyl (C=O) groups is 4. The molecule has 0 spiro atoms. The molecule has 0 bridgehead atoms. The third-order valence-electron chi connectivity index (χ3n) is 8.55. The van der Waals surface area contributed by atoms with Gasteiger partial charge < -0.3 is 34.1 Å². The number of ether oxygens (including phenoxy) is 2. The van der Waals surface area contributed by atoms with Crippen molar-refractivity contribution in [3.05, 3.63) is 124 Å². The van der Waals surface area contributed by atoms with Gasteiger partial charge in [-0.25, -0.2) is 19.6 Å². The van der Waals surface area contributed by atoms with Gasteiger partial charge in [-0.15, -0.1) is 22.7 Å². The Morgan fingerprint density at radius 1 is 0.733 bits per heavy atom. The van der Waals surface area contributed by atoms with Crippen molar-refractivity contribution in [2.45, 2.75) is 20.8 Å². The van der Waals surface area contributed by atoms with E-state index < -0.39 is 11.9 Å². The SMILES string of the molecule is C=C(NOCCN(C)C)c1cc(C(=O)Nc2ccc(-c3nc(C(=O)OCC)cs3)cc2)n(C)c1.CCOC(=O)c1csc(-c2ccc(NC(=O)c3cc(C)cn3C)cc2)n1. The van der Waals surface area contributed by atoms with E-state index in [1.165, 1.54) is 22.7 Å². The molecular formula is C43H48N8O7S2. The van der Waals surface area contributed by atoms with Crippen LogP contribution in [0.4, 0.5) is 11.4 Å². The molecule has 4 heterocycles. The molecule has 0 fully saturated rings. The molecule has 0 saturated heterocycles. The maximum atomic E-state index is 12.8. The van der Waals surface area contributed by atoms with E-state index >= 15 is 0 Å². The predicted molar refractivity (Wildman–Crippen MR) is 235 cm³/mol. The van der Waals surface area contributed by atoms with E-state index in [0.717, 1.165) is 33.8 Å². The van der Waals surface area contributed by atoms with Gasteiger partial charge in [-0.05, 0) is 101 Å². The van der Waals surface area contributed by atoms with Gasteiger partial charge in [-0.2, -0.15) is 0 Å². The summed E-state index contributed by atoms with van der Waals surface area (Å²) in [4.78, 5) is 64.7. The summed E-state index contributed by atoms with van der Waals surface area (Å²) in [5.74, 6) is -1.26. The summed E-state index contributed by atoms with van der Waals surface area (Å²) in [5, 5.41) is 10.6. The predicted octanol–water partition coefficient (Wildman–Crippen LogP) is 7.52. The molecule has 0 aliphatic heterocycles. The summed E-state index contributed by atoms with van der Waals surface area (Å²) in [5.41, 5.74) is 9.92. The fourth-order valence-electron chi connectivity index (χ4n) is 5.53. The Morgan fingerprint density at radius 3 is 1.63 bits per heavy atom. The molecule has 2 amide bonds. The minimum atomic E-state index is -0.436. The Kier molecular flexibility index (Phi) is 15.7. The second-order valence-corrected chi connectivity index (χ2v) is 15.3. The number of esters is 2. The zero-order valence-electron chi connectivity index (χ0n) is 34.5. The van der Waals surface area contributed by atoms with Crippen LogP contribution in [0.1, 0.15) is 66.9 Å². The van der Waals surface area contributed by atoms with Crippen molar-refractivity contribution in [2.24, 2.45) is 14.1 Å².